The molecular formula is C15H16N2O. The topological polar surface area (TPSA) is 33.6 Å². The van der Waals surface area contributed by atoms with Crippen LogP contribution in [0.1, 0.15) is 11.1 Å². The minimum absolute atomic E-state index is 0.702. The van der Waals surface area contributed by atoms with E-state index in [1.807, 2.05) is 60.8 Å². The maximum atomic E-state index is 5.10. The third-order valence-corrected chi connectivity index (χ3v) is 2.55. The fourth-order valence-corrected chi connectivity index (χ4v) is 1.54. The lowest BCUT2D eigenvalue weighted by molar-refractivity contribution is 0.414. The number of nitrogens with one attached hydrogen (secondary N) is 1. The number of hydrazone groups is 1. The molecule has 0 aliphatic carbocycles. The third kappa shape index (κ3) is 3.63. The van der Waals surface area contributed by atoms with Crippen molar-refractivity contribution >= 4 is 6.21 Å². The van der Waals surface area contributed by atoms with Gasteiger partial charge in [-0.25, -0.2) is 0 Å². The van der Waals surface area contributed by atoms with Crippen LogP contribution in [0.15, 0.2) is 59.7 Å². The van der Waals surface area contributed by atoms with Crippen LogP contribution >= 0.6 is 0 Å². The van der Waals surface area contributed by atoms with Crippen LogP contribution in [0.2, 0.25) is 0 Å². The summed E-state index contributed by atoms with van der Waals surface area (Å²) >= 11 is 0. The average Bonchev–Trinajstić information content (AvgIpc) is 2.45. The largest absolute Gasteiger partial charge is 0.497 e. The Balaban J connectivity index is 1.83. The van der Waals surface area contributed by atoms with Gasteiger partial charge in [0.2, 0.25) is 0 Å². The third-order valence-electron chi connectivity index (χ3n) is 2.55. The fourth-order valence-electron chi connectivity index (χ4n) is 1.54. The van der Waals surface area contributed by atoms with Gasteiger partial charge >= 0.3 is 0 Å². The average molecular weight is 240 g/mol. The molecule has 0 bridgehead atoms. The summed E-state index contributed by atoms with van der Waals surface area (Å²) in [5, 5.41) is 4.17. The maximum Gasteiger partial charge on any atom is 0.118 e. The molecule has 0 amide bonds. The smallest absolute Gasteiger partial charge is 0.118 e. The van der Waals surface area contributed by atoms with Crippen molar-refractivity contribution in [2.75, 3.05) is 7.11 Å². The first-order valence-electron chi connectivity index (χ1n) is 5.82. The van der Waals surface area contributed by atoms with Crippen LogP contribution < -0.4 is 10.2 Å². The lowest BCUT2D eigenvalue weighted by atomic mass is 10.2. The standard InChI is InChI=1S/C15H16N2O/c1-18-15-9-7-14(8-10-15)12-17-16-11-13-5-3-2-4-6-13/h2-11,17H,12H2,1H3. The van der Waals surface area contributed by atoms with Crippen molar-refractivity contribution in [3.8, 4) is 5.75 Å². The van der Waals surface area contributed by atoms with Crippen LogP contribution in [0.3, 0.4) is 0 Å². The van der Waals surface area contributed by atoms with Crippen molar-refractivity contribution in [2.24, 2.45) is 5.10 Å². The van der Waals surface area contributed by atoms with Crippen molar-refractivity contribution in [1.29, 1.82) is 0 Å². The van der Waals surface area contributed by atoms with Crippen molar-refractivity contribution in [1.82, 2.24) is 5.43 Å². The van der Waals surface area contributed by atoms with Gasteiger partial charge in [-0.05, 0) is 23.3 Å². The first-order chi connectivity index (χ1) is 8.88. The van der Waals surface area contributed by atoms with Gasteiger partial charge in [0.25, 0.3) is 0 Å². The zero-order chi connectivity index (χ0) is 12.6. The number of nitrogens with zero attached hydrogens (tertiary/aromatic N) is 1. The molecule has 3 heteroatoms. The quantitative estimate of drug-likeness (QED) is 0.644. The van der Waals surface area contributed by atoms with Crippen LogP contribution in [0.5, 0.6) is 5.75 Å². The van der Waals surface area contributed by atoms with Gasteiger partial charge in [-0.15, -0.1) is 0 Å². The van der Waals surface area contributed by atoms with Crippen molar-refractivity contribution in [3.63, 3.8) is 0 Å². The molecule has 2 aromatic carbocycles. The number of benzene rings is 2. The van der Waals surface area contributed by atoms with Crippen molar-refractivity contribution < 1.29 is 4.74 Å². The Morgan fingerprint density at radius 2 is 1.78 bits per heavy atom. The van der Waals surface area contributed by atoms with Crippen molar-refractivity contribution in [3.05, 3.63) is 65.7 Å². The van der Waals surface area contributed by atoms with Gasteiger partial charge in [0, 0.05) is 0 Å². The van der Waals surface area contributed by atoms with Crippen LogP contribution in [-0.4, -0.2) is 13.3 Å². The molecule has 0 aromatic heterocycles. The highest BCUT2D eigenvalue weighted by molar-refractivity contribution is 5.79. The van der Waals surface area contributed by atoms with Crippen LogP contribution in [-0.2, 0) is 6.54 Å². The summed E-state index contributed by atoms with van der Waals surface area (Å²) in [6, 6.07) is 17.9. The Bertz CT molecular complexity index is 492. The minimum Gasteiger partial charge on any atom is -0.497 e. The summed E-state index contributed by atoms with van der Waals surface area (Å²) in [6.07, 6.45) is 1.81. The molecule has 0 aliphatic rings. The second kappa shape index (κ2) is 6.45. The number of methoxy groups -OCH3 is 1. The Morgan fingerprint density at radius 3 is 2.44 bits per heavy atom. The van der Waals surface area contributed by atoms with E-state index in [1.165, 1.54) is 5.56 Å². The highest BCUT2D eigenvalue weighted by Gasteiger charge is 1.92. The van der Waals surface area contributed by atoms with Gasteiger partial charge in [-0.2, -0.15) is 5.10 Å². The van der Waals surface area contributed by atoms with Gasteiger partial charge in [0.05, 0.1) is 19.9 Å². The van der Waals surface area contributed by atoms with Crippen LogP contribution in [0.25, 0.3) is 0 Å². The highest BCUT2D eigenvalue weighted by Crippen LogP contribution is 2.10. The monoisotopic (exact) mass is 240 g/mol. The van der Waals surface area contributed by atoms with Crippen molar-refractivity contribution in [2.45, 2.75) is 6.54 Å². The van der Waals surface area contributed by atoms with E-state index in [2.05, 4.69) is 10.5 Å². The zero-order valence-electron chi connectivity index (χ0n) is 10.3. The molecule has 0 saturated heterocycles. The molecule has 0 saturated carbocycles. The highest BCUT2D eigenvalue weighted by atomic mass is 16.5. The number of ether oxygens (including phenoxy) is 1. The predicted molar refractivity (Wildman–Crippen MR) is 73.9 cm³/mol. The van der Waals surface area contributed by atoms with E-state index >= 15 is 0 Å². The van der Waals surface area contributed by atoms with Crippen LogP contribution in [0, 0.1) is 0 Å². The second-order valence-corrected chi connectivity index (χ2v) is 3.85. The Morgan fingerprint density at radius 1 is 1.06 bits per heavy atom. The number of hydrogen-bond donors (Lipinski definition) is 1. The van der Waals surface area contributed by atoms with Gasteiger partial charge in [-0.1, -0.05) is 42.5 Å². The molecule has 92 valence electrons. The van der Waals surface area contributed by atoms with Gasteiger partial charge < -0.3 is 10.2 Å². The summed E-state index contributed by atoms with van der Waals surface area (Å²) in [5.74, 6) is 0.867. The molecule has 0 atom stereocenters. The summed E-state index contributed by atoms with van der Waals surface area (Å²) < 4.78 is 5.10. The normalized spacial score (nSPS) is 10.5. The summed E-state index contributed by atoms with van der Waals surface area (Å²) in [7, 11) is 1.66. The molecule has 0 unspecified atom stereocenters. The molecule has 0 radical (unpaired) electrons. The predicted octanol–water partition coefficient (Wildman–Crippen LogP) is 2.82. The molecule has 0 fully saturated rings. The molecular weight excluding hydrogens is 224 g/mol. The molecule has 2 rings (SSSR count). The van der Waals surface area contributed by atoms with Gasteiger partial charge in [0.1, 0.15) is 5.75 Å². The lowest BCUT2D eigenvalue weighted by Crippen LogP contribution is -2.05. The Kier molecular flexibility index (Phi) is 4.36. The van der Waals surface area contributed by atoms with E-state index in [4.69, 9.17) is 4.74 Å². The number of rotatable bonds is 5. The minimum atomic E-state index is 0.702. The lowest BCUT2D eigenvalue weighted by Gasteiger charge is -2.03. The van der Waals surface area contributed by atoms with E-state index in [0.717, 1.165) is 11.3 Å². The van der Waals surface area contributed by atoms with E-state index in [-0.39, 0.29) is 0 Å². The zero-order valence-corrected chi connectivity index (χ0v) is 10.3. The van der Waals surface area contributed by atoms with Gasteiger partial charge in [-0.3, -0.25) is 0 Å². The second-order valence-electron chi connectivity index (χ2n) is 3.85. The summed E-state index contributed by atoms with van der Waals surface area (Å²) in [5.41, 5.74) is 5.27. The Labute approximate surface area is 107 Å². The van der Waals surface area contributed by atoms with Crippen LogP contribution in [0.4, 0.5) is 0 Å². The van der Waals surface area contributed by atoms with E-state index in [9.17, 15) is 0 Å². The fraction of sp³-hybridized carbons (Fsp3) is 0.133. The van der Waals surface area contributed by atoms with E-state index in [0.29, 0.717) is 6.54 Å². The number of hydrogen-bond acceptors (Lipinski definition) is 3. The molecule has 2 aromatic rings. The maximum absolute atomic E-state index is 5.10. The summed E-state index contributed by atoms with van der Waals surface area (Å²) in [6.45, 7) is 0.702. The molecule has 18 heavy (non-hydrogen) atoms. The van der Waals surface area contributed by atoms with E-state index in [1.54, 1.807) is 7.11 Å². The van der Waals surface area contributed by atoms with Gasteiger partial charge in [0.15, 0.2) is 0 Å². The molecule has 0 spiro atoms. The van der Waals surface area contributed by atoms with E-state index < -0.39 is 0 Å². The summed E-state index contributed by atoms with van der Waals surface area (Å²) in [4.78, 5) is 0. The molecule has 1 N–H and O–H groups in total. The first kappa shape index (κ1) is 12.2. The molecule has 0 aliphatic heterocycles. The molecule has 0 heterocycles. The Hall–Kier alpha value is -2.29. The SMILES string of the molecule is COc1ccc(CNN=Cc2ccccc2)cc1. The first-order valence-corrected chi connectivity index (χ1v) is 5.82. The molecule has 3 nitrogen and oxygen atoms in total.